The number of hydrogen-bond donors (Lipinski definition) is 6. The maximum atomic E-state index is 9.39. The molecule has 0 spiro atoms. The smallest absolute Gasteiger partial charge is 0.104 e. The largest absolute Gasteiger partial charge is 0.396 e. The lowest BCUT2D eigenvalue weighted by molar-refractivity contribution is -0.108. The van der Waals surface area contributed by atoms with E-state index in [1.54, 1.807) is 20.8 Å². The average Bonchev–Trinajstić information content (AvgIpc) is 3.11. The van der Waals surface area contributed by atoms with Crippen LogP contribution in [0.5, 0.6) is 0 Å². The molecule has 0 saturated heterocycles. The standard InChI is InChI=1S/C19H40O8.C17H36O8/c1-4-5-9-26-18(12-23-8-6-7-20)13-25-15-19(27-11-17(3)22)14-24-10-16(2)21;1-3-21-11-17(25-10-15(2)20)14-23-13-16(24-9-5-7-19)12-22-8-4-6-18/h16-22H,4-15H2,1-3H3;15-20H,3-14H2,1-2H3. The van der Waals surface area contributed by atoms with Gasteiger partial charge in [0.05, 0.1) is 91.0 Å². The number of aliphatic hydroxyl groups is 6. The fourth-order valence-corrected chi connectivity index (χ4v) is 3.88. The molecule has 0 saturated carbocycles. The Kier molecular flexibility index (Phi) is 42.7. The van der Waals surface area contributed by atoms with Gasteiger partial charge in [0.1, 0.15) is 24.4 Å². The van der Waals surface area contributed by atoms with Gasteiger partial charge in [-0.3, -0.25) is 0 Å². The van der Waals surface area contributed by atoms with Crippen molar-refractivity contribution in [2.45, 2.75) is 109 Å². The van der Waals surface area contributed by atoms with Crippen molar-refractivity contribution in [2.24, 2.45) is 0 Å². The van der Waals surface area contributed by atoms with E-state index in [0.29, 0.717) is 91.9 Å². The first-order valence-electron chi connectivity index (χ1n) is 18.9. The van der Waals surface area contributed by atoms with Crippen LogP contribution in [0.2, 0.25) is 0 Å². The summed E-state index contributed by atoms with van der Waals surface area (Å²) in [6.45, 7) is 15.2. The minimum Gasteiger partial charge on any atom is -0.396 e. The van der Waals surface area contributed by atoms with Crippen molar-refractivity contribution in [3.05, 3.63) is 0 Å². The molecule has 52 heavy (non-hydrogen) atoms. The molecule has 7 unspecified atom stereocenters. The lowest BCUT2D eigenvalue weighted by Gasteiger charge is -2.22. The number of unbranched alkanes of at least 4 members (excludes halogenated alkanes) is 1. The van der Waals surface area contributed by atoms with Gasteiger partial charge in [0.25, 0.3) is 0 Å². The Hall–Kier alpha value is -0.640. The second-order valence-corrected chi connectivity index (χ2v) is 12.5. The predicted molar refractivity (Wildman–Crippen MR) is 195 cm³/mol. The molecule has 0 aromatic rings. The number of rotatable bonds is 39. The zero-order valence-electron chi connectivity index (χ0n) is 32.8. The molecule has 0 aliphatic heterocycles. The van der Waals surface area contributed by atoms with Gasteiger partial charge in [-0.25, -0.2) is 0 Å². The van der Waals surface area contributed by atoms with Crippen LogP contribution in [-0.2, 0) is 47.4 Å². The lowest BCUT2D eigenvalue weighted by atomic mass is 10.3. The van der Waals surface area contributed by atoms with Crippen LogP contribution in [0.1, 0.15) is 66.7 Å². The summed E-state index contributed by atoms with van der Waals surface area (Å²) in [6, 6.07) is 0. The maximum absolute atomic E-state index is 9.39. The summed E-state index contributed by atoms with van der Waals surface area (Å²) in [6.07, 6.45) is 1.04. The third kappa shape index (κ3) is 40.5. The van der Waals surface area contributed by atoms with Crippen molar-refractivity contribution in [3.8, 4) is 0 Å². The molecule has 7 atom stereocenters. The van der Waals surface area contributed by atoms with Gasteiger partial charge in [0, 0.05) is 52.9 Å². The molecular weight excluding hydrogens is 688 g/mol. The van der Waals surface area contributed by atoms with E-state index in [2.05, 4.69) is 6.92 Å². The van der Waals surface area contributed by atoms with Crippen molar-refractivity contribution in [2.75, 3.05) is 126 Å². The van der Waals surface area contributed by atoms with Crippen molar-refractivity contribution < 1.29 is 78.0 Å². The van der Waals surface area contributed by atoms with Gasteiger partial charge in [-0.2, -0.15) is 0 Å². The summed E-state index contributed by atoms with van der Waals surface area (Å²) in [5.74, 6) is 0. The molecule has 0 bridgehead atoms. The van der Waals surface area contributed by atoms with E-state index < -0.39 is 18.3 Å². The predicted octanol–water partition coefficient (Wildman–Crippen LogP) is 0.723. The third-order valence-corrected chi connectivity index (χ3v) is 6.54. The summed E-state index contributed by atoms with van der Waals surface area (Å²) < 4.78 is 55.7. The van der Waals surface area contributed by atoms with Crippen LogP contribution in [0.15, 0.2) is 0 Å². The van der Waals surface area contributed by atoms with E-state index in [-0.39, 0.29) is 77.3 Å². The first-order chi connectivity index (χ1) is 25.1. The number of ether oxygens (including phenoxy) is 10. The molecule has 0 rings (SSSR count). The van der Waals surface area contributed by atoms with Gasteiger partial charge in [0.15, 0.2) is 0 Å². The van der Waals surface area contributed by atoms with E-state index >= 15 is 0 Å². The summed E-state index contributed by atoms with van der Waals surface area (Å²) >= 11 is 0. The van der Waals surface area contributed by atoms with Crippen LogP contribution in [0, 0.1) is 0 Å². The summed E-state index contributed by atoms with van der Waals surface area (Å²) in [7, 11) is 0. The molecule has 16 heteroatoms. The number of hydrogen-bond acceptors (Lipinski definition) is 16. The zero-order chi connectivity index (χ0) is 39.1. The van der Waals surface area contributed by atoms with Crippen LogP contribution >= 0.6 is 0 Å². The first kappa shape index (κ1) is 53.5. The second kappa shape index (κ2) is 41.5. The van der Waals surface area contributed by atoms with E-state index in [4.69, 9.17) is 62.7 Å². The van der Waals surface area contributed by atoms with Crippen molar-refractivity contribution >= 4 is 0 Å². The van der Waals surface area contributed by atoms with Crippen LogP contribution < -0.4 is 0 Å². The third-order valence-electron chi connectivity index (χ3n) is 6.54. The minimum absolute atomic E-state index is 0.0720. The monoisotopic (exact) mass is 765 g/mol. The molecular formula is C36H76O16. The van der Waals surface area contributed by atoms with Crippen molar-refractivity contribution in [3.63, 3.8) is 0 Å². The molecule has 6 N–H and O–H groups in total. The molecule has 0 aromatic carbocycles. The van der Waals surface area contributed by atoms with Gasteiger partial charge in [0.2, 0.25) is 0 Å². The molecule has 0 aliphatic carbocycles. The molecule has 0 aliphatic rings. The van der Waals surface area contributed by atoms with E-state index in [1.165, 1.54) is 0 Å². The molecule has 0 aromatic heterocycles. The Morgan fingerprint density at radius 1 is 0.365 bits per heavy atom. The van der Waals surface area contributed by atoms with Gasteiger partial charge < -0.3 is 78.0 Å². The summed E-state index contributed by atoms with van der Waals surface area (Å²) in [5, 5.41) is 54.4. The van der Waals surface area contributed by atoms with Gasteiger partial charge >= 0.3 is 0 Å². The Morgan fingerprint density at radius 2 is 0.692 bits per heavy atom. The fraction of sp³-hybridized carbons (Fsp3) is 1.00. The van der Waals surface area contributed by atoms with E-state index in [9.17, 15) is 15.3 Å². The highest BCUT2D eigenvalue weighted by atomic mass is 16.6. The average molecular weight is 765 g/mol. The summed E-state index contributed by atoms with van der Waals surface area (Å²) in [4.78, 5) is 0. The zero-order valence-corrected chi connectivity index (χ0v) is 32.8. The van der Waals surface area contributed by atoms with Crippen molar-refractivity contribution in [1.29, 1.82) is 0 Å². The minimum atomic E-state index is -0.575. The normalized spacial score (nSPS) is 15.8. The Labute approximate surface area is 312 Å². The number of aliphatic hydroxyl groups excluding tert-OH is 6. The van der Waals surface area contributed by atoms with E-state index in [0.717, 1.165) is 12.8 Å². The van der Waals surface area contributed by atoms with Crippen LogP contribution in [0.25, 0.3) is 0 Å². The van der Waals surface area contributed by atoms with Crippen LogP contribution in [0.3, 0.4) is 0 Å². The van der Waals surface area contributed by atoms with Crippen LogP contribution in [-0.4, -0.2) is 199 Å². The van der Waals surface area contributed by atoms with Crippen molar-refractivity contribution in [1.82, 2.24) is 0 Å². The first-order valence-corrected chi connectivity index (χ1v) is 18.9. The highest BCUT2D eigenvalue weighted by Gasteiger charge is 2.17. The Balaban J connectivity index is 0. The van der Waals surface area contributed by atoms with Gasteiger partial charge in [-0.1, -0.05) is 13.3 Å². The SMILES string of the molecule is CCCCOC(COCCCO)COCC(COCC(C)O)OCC(C)O.CCOCC(COCC(COCCCO)OCCCO)OCC(C)O. The molecule has 0 radical (unpaired) electrons. The lowest BCUT2D eigenvalue weighted by Crippen LogP contribution is -2.33. The van der Waals surface area contributed by atoms with E-state index in [1.807, 2.05) is 6.92 Å². The second-order valence-electron chi connectivity index (χ2n) is 12.5. The molecule has 0 fully saturated rings. The fourth-order valence-electron chi connectivity index (χ4n) is 3.88. The highest BCUT2D eigenvalue weighted by Crippen LogP contribution is 2.04. The van der Waals surface area contributed by atoms with Gasteiger partial charge in [-0.15, -0.1) is 0 Å². The quantitative estimate of drug-likeness (QED) is 0.0476. The topological polar surface area (TPSA) is 214 Å². The van der Waals surface area contributed by atoms with Crippen LogP contribution in [0.4, 0.5) is 0 Å². The Bertz CT molecular complexity index is 676. The summed E-state index contributed by atoms with van der Waals surface area (Å²) in [5.41, 5.74) is 0. The molecule has 16 nitrogen and oxygen atoms in total. The Morgan fingerprint density at radius 3 is 1.06 bits per heavy atom. The maximum Gasteiger partial charge on any atom is 0.104 e. The van der Waals surface area contributed by atoms with Gasteiger partial charge in [-0.05, 0) is 53.4 Å². The molecule has 0 heterocycles. The molecule has 0 amide bonds. The highest BCUT2D eigenvalue weighted by molar-refractivity contribution is 4.63. The molecule has 316 valence electrons.